The van der Waals surface area contributed by atoms with E-state index in [9.17, 15) is 19.2 Å². The fourth-order valence-corrected chi connectivity index (χ4v) is 6.19. The lowest BCUT2D eigenvalue weighted by molar-refractivity contribution is -0.146. The second-order valence-corrected chi connectivity index (χ2v) is 10.7. The van der Waals surface area contributed by atoms with E-state index in [0.29, 0.717) is 53.3 Å². The zero-order valence-corrected chi connectivity index (χ0v) is 21.7. The van der Waals surface area contributed by atoms with Crippen molar-refractivity contribution in [3.05, 3.63) is 28.9 Å². The Morgan fingerprint density at radius 2 is 2.05 bits per heavy atom. The molecule has 1 aromatic carbocycles. The summed E-state index contributed by atoms with van der Waals surface area (Å²) in [5.74, 6) is -1.34. The maximum Gasteiger partial charge on any atom is 0.328 e. The molecule has 1 aromatic heterocycles. The van der Waals surface area contributed by atoms with Crippen LogP contribution in [0.4, 0.5) is 0 Å². The van der Waals surface area contributed by atoms with Gasteiger partial charge < -0.3 is 30.0 Å². The molecule has 2 saturated heterocycles. The number of carbonyl (C=O) groups excluding carboxylic acids is 4. The number of likely N-dealkylation sites (tertiary alicyclic amines) is 1. The molecule has 11 heteroatoms. The van der Waals surface area contributed by atoms with E-state index in [-0.39, 0.29) is 29.6 Å². The molecule has 37 heavy (non-hydrogen) atoms. The minimum Gasteiger partial charge on any atom is -0.495 e. The number of hydrogen-bond acceptors (Lipinski definition) is 6. The topological polar surface area (TPSA) is 130 Å². The van der Waals surface area contributed by atoms with Gasteiger partial charge in [-0.2, -0.15) is 0 Å². The monoisotopic (exact) mass is 530 g/mol. The van der Waals surface area contributed by atoms with Crippen LogP contribution in [0.1, 0.15) is 49.0 Å². The Labute approximate surface area is 219 Å². The van der Waals surface area contributed by atoms with Crippen molar-refractivity contribution >= 4 is 46.2 Å². The molecule has 1 saturated carbocycles. The highest BCUT2D eigenvalue weighted by atomic mass is 35.5. The highest BCUT2D eigenvalue weighted by molar-refractivity contribution is 6.37. The lowest BCUT2D eigenvalue weighted by Gasteiger charge is -2.37. The number of aromatic nitrogens is 1. The summed E-state index contributed by atoms with van der Waals surface area (Å²) < 4.78 is 10.2. The number of amides is 3. The van der Waals surface area contributed by atoms with Crippen LogP contribution < -0.4 is 15.4 Å². The van der Waals surface area contributed by atoms with Gasteiger partial charge in [-0.3, -0.25) is 14.4 Å². The van der Waals surface area contributed by atoms with Crippen molar-refractivity contribution in [1.82, 2.24) is 20.5 Å². The number of aromatic amines is 1. The lowest BCUT2D eigenvalue weighted by atomic mass is 9.67. The molecule has 0 radical (unpaired) electrons. The molecule has 2 aromatic rings. The van der Waals surface area contributed by atoms with E-state index in [1.54, 1.807) is 23.1 Å². The van der Waals surface area contributed by atoms with Gasteiger partial charge in [0, 0.05) is 29.9 Å². The Hall–Kier alpha value is -3.27. The van der Waals surface area contributed by atoms with Crippen LogP contribution in [0.2, 0.25) is 5.02 Å². The average molecular weight is 531 g/mol. The summed E-state index contributed by atoms with van der Waals surface area (Å²) in [5, 5.41) is 6.60. The highest BCUT2D eigenvalue weighted by Gasteiger charge is 2.52. The second kappa shape index (κ2) is 9.89. The third-order valence-electron chi connectivity index (χ3n) is 8.12. The number of benzene rings is 1. The fraction of sp³-hybridized carbons (Fsp3) is 0.538. The quantitative estimate of drug-likeness (QED) is 0.471. The molecule has 3 heterocycles. The number of carbonyl (C=O) groups is 4. The van der Waals surface area contributed by atoms with Gasteiger partial charge in [0.05, 0.1) is 19.2 Å². The van der Waals surface area contributed by atoms with E-state index in [0.717, 1.165) is 19.3 Å². The number of fused-ring (bicyclic) bond motifs is 1. The Morgan fingerprint density at radius 3 is 2.68 bits per heavy atom. The molecule has 3 atom stereocenters. The number of nitrogens with one attached hydrogen (secondary N) is 3. The summed E-state index contributed by atoms with van der Waals surface area (Å²) in [4.78, 5) is 56.6. The van der Waals surface area contributed by atoms with Crippen LogP contribution in [-0.4, -0.2) is 73.0 Å². The zero-order chi connectivity index (χ0) is 26.3. The first-order valence-electron chi connectivity index (χ1n) is 12.6. The molecule has 5 rings (SSSR count). The molecular formula is C26H31ClN4O6. The zero-order valence-electron chi connectivity index (χ0n) is 20.9. The fourth-order valence-electron chi connectivity index (χ4n) is 5.90. The van der Waals surface area contributed by atoms with Gasteiger partial charge in [-0.15, -0.1) is 0 Å². The van der Waals surface area contributed by atoms with Crippen molar-refractivity contribution < 1.29 is 28.7 Å². The van der Waals surface area contributed by atoms with E-state index in [1.165, 1.54) is 14.2 Å². The van der Waals surface area contributed by atoms with E-state index >= 15 is 0 Å². The van der Waals surface area contributed by atoms with Crippen molar-refractivity contribution in [3.63, 3.8) is 0 Å². The van der Waals surface area contributed by atoms with Gasteiger partial charge >= 0.3 is 5.97 Å². The Kier molecular flexibility index (Phi) is 6.78. The van der Waals surface area contributed by atoms with Gasteiger partial charge in [0.1, 0.15) is 23.5 Å². The molecule has 1 aliphatic carbocycles. The van der Waals surface area contributed by atoms with Crippen molar-refractivity contribution in [3.8, 4) is 5.75 Å². The summed E-state index contributed by atoms with van der Waals surface area (Å²) in [5.41, 5.74) is 0.913. The molecule has 3 fully saturated rings. The predicted molar refractivity (Wildman–Crippen MR) is 135 cm³/mol. The standard InChI is InChI=1S/C26H31ClN4O6/c1-36-20-5-4-16-15(21(20)27)11-17(29-16)24(34)31-13-26(7-3-8-26)12-19(31)23(33)30-18(25(35)37-2)10-14-6-9-28-22(14)32/h4-5,11,14,18-19,29H,3,6-10,12-13H2,1-2H3,(H,28,32)(H,30,33)/t14-,18-,19?/m0/s1. The van der Waals surface area contributed by atoms with Crippen LogP contribution in [0.25, 0.3) is 10.9 Å². The molecule has 1 unspecified atom stereocenters. The van der Waals surface area contributed by atoms with E-state index in [2.05, 4.69) is 15.6 Å². The van der Waals surface area contributed by atoms with Crippen LogP contribution >= 0.6 is 11.6 Å². The average Bonchev–Trinajstić information content (AvgIpc) is 3.60. The minimum atomic E-state index is -0.972. The maximum atomic E-state index is 13.7. The molecule has 3 amide bonds. The second-order valence-electron chi connectivity index (χ2n) is 10.3. The summed E-state index contributed by atoms with van der Waals surface area (Å²) >= 11 is 6.45. The van der Waals surface area contributed by atoms with Crippen molar-refractivity contribution in [2.75, 3.05) is 27.3 Å². The number of nitrogens with zero attached hydrogens (tertiary/aromatic N) is 1. The first kappa shape index (κ1) is 25.4. The van der Waals surface area contributed by atoms with Gasteiger partial charge in [-0.1, -0.05) is 18.0 Å². The molecule has 3 aliphatic rings. The Bertz CT molecular complexity index is 1260. The third kappa shape index (κ3) is 4.63. The number of rotatable bonds is 7. The van der Waals surface area contributed by atoms with Gasteiger partial charge in [-0.25, -0.2) is 4.79 Å². The third-order valence-corrected chi connectivity index (χ3v) is 8.51. The van der Waals surface area contributed by atoms with E-state index in [4.69, 9.17) is 21.1 Å². The molecule has 198 valence electrons. The van der Waals surface area contributed by atoms with Crippen LogP contribution in [-0.2, 0) is 19.1 Å². The van der Waals surface area contributed by atoms with Crippen molar-refractivity contribution in [1.29, 1.82) is 0 Å². The summed E-state index contributed by atoms with van der Waals surface area (Å²) in [6, 6.07) is 3.48. The Morgan fingerprint density at radius 1 is 1.27 bits per heavy atom. The number of methoxy groups -OCH3 is 2. The normalized spacial score (nSPS) is 23.0. The Balaban J connectivity index is 1.39. The van der Waals surface area contributed by atoms with Crippen LogP contribution in [0, 0.1) is 11.3 Å². The number of esters is 1. The largest absolute Gasteiger partial charge is 0.495 e. The maximum absolute atomic E-state index is 13.7. The molecule has 3 N–H and O–H groups in total. The number of halogens is 1. The first-order chi connectivity index (χ1) is 17.7. The molecular weight excluding hydrogens is 500 g/mol. The number of hydrogen-bond donors (Lipinski definition) is 3. The van der Waals surface area contributed by atoms with E-state index < -0.39 is 24.0 Å². The molecule has 1 spiro atoms. The van der Waals surface area contributed by atoms with Crippen molar-refractivity contribution in [2.45, 2.75) is 50.6 Å². The van der Waals surface area contributed by atoms with Crippen LogP contribution in [0.5, 0.6) is 5.75 Å². The summed E-state index contributed by atoms with van der Waals surface area (Å²) in [6.45, 7) is 1.00. The van der Waals surface area contributed by atoms with Crippen LogP contribution in [0.15, 0.2) is 18.2 Å². The molecule has 2 aliphatic heterocycles. The molecule has 10 nitrogen and oxygen atoms in total. The van der Waals surface area contributed by atoms with Gasteiger partial charge in [0.15, 0.2) is 0 Å². The smallest absolute Gasteiger partial charge is 0.328 e. The van der Waals surface area contributed by atoms with E-state index in [1.807, 2.05) is 0 Å². The van der Waals surface area contributed by atoms with Crippen LogP contribution in [0.3, 0.4) is 0 Å². The summed E-state index contributed by atoms with van der Waals surface area (Å²) in [7, 11) is 2.78. The summed E-state index contributed by atoms with van der Waals surface area (Å²) in [6.07, 6.45) is 4.21. The van der Waals surface area contributed by atoms with Gasteiger partial charge in [0.25, 0.3) is 5.91 Å². The van der Waals surface area contributed by atoms with Gasteiger partial charge in [-0.05, 0) is 55.7 Å². The lowest BCUT2D eigenvalue weighted by Crippen LogP contribution is -2.51. The SMILES string of the molecule is COC(=O)[C@H](C[C@@H]1CCNC1=O)NC(=O)C1CC2(CCC2)CN1C(=O)c1cc2c(Cl)c(OC)ccc2[nH]1. The van der Waals surface area contributed by atoms with Gasteiger partial charge in [0.2, 0.25) is 11.8 Å². The number of ether oxygens (including phenoxy) is 2. The van der Waals surface area contributed by atoms with Crippen molar-refractivity contribution in [2.24, 2.45) is 11.3 Å². The predicted octanol–water partition coefficient (Wildman–Crippen LogP) is 2.40. The first-order valence-corrected chi connectivity index (χ1v) is 12.9. The number of H-pyrrole nitrogens is 1. The molecule has 0 bridgehead atoms. The highest BCUT2D eigenvalue weighted by Crippen LogP contribution is 2.50. The minimum absolute atomic E-state index is 0.101.